The first-order chi connectivity index (χ1) is 21.3. The summed E-state index contributed by atoms with van der Waals surface area (Å²) in [5.74, 6) is -0.654. The topological polar surface area (TPSA) is 169 Å². The van der Waals surface area contributed by atoms with Gasteiger partial charge in [-0.2, -0.15) is 0 Å². The second-order valence-electron chi connectivity index (χ2n) is 11.4. The van der Waals surface area contributed by atoms with Crippen LogP contribution in [0.15, 0.2) is 0 Å². The third kappa shape index (κ3) is 7.06. The lowest BCUT2D eigenvalue weighted by Crippen LogP contribution is -2.57. The lowest BCUT2D eigenvalue weighted by molar-refractivity contribution is -0.296. The molecule has 0 aromatic heterocycles. The Kier molecular flexibility index (Phi) is 11.8. The molecule has 5 heterocycles. The maximum atomic E-state index is 13.3. The zero-order valence-electron chi connectivity index (χ0n) is 26.0. The third-order valence-electron chi connectivity index (χ3n) is 9.02. The van der Waals surface area contributed by atoms with Gasteiger partial charge < -0.3 is 67.5 Å². The van der Waals surface area contributed by atoms with Gasteiger partial charge in [0.2, 0.25) is 11.8 Å². The van der Waals surface area contributed by atoms with Crippen LogP contribution in [0.25, 0.3) is 0 Å². The van der Waals surface area contributed by atoms with Crippen molar-refractivity contribution >= 4 is 11.8 Å². The van der Waals surface area contributed by atoms with Crippen molar-refractivity contribution in [1.29, 1.82) is 0 Å². The molecular weight excluding hydrogens is 588 g/mol. The van der Waals surface area contributed by atoms with Crippen LogP contribution in [0.1, 0.15) is 12.8 Å². The highest BCUT2D eigenvalue weighted by atomic mass is 16.7. The molecule has 16 heteroatoms. The molecule has 5 saturated heterocycles. The molecule has 5 fully saturated rings. The normalized spacial score (nSPS) is 44.9. The number of fused-ring (bicyclic) bond motifs is 4. The van der Waals surface area contributed by atoms with Crippen LogP contribution in [-0.2, 0) is 66.4 Å². The summed E-state index contributed by atoms with van der Waals surface area (Å²) < 4.78 is 70.1. The van der Waals surface area contributed by atoms with Crippen molar-refractivity contribution in [3.8, 4) is 0 Å². The van der Waals surface area contributed by atoms with E-state index in [0.29, 0.717) is 0 Å². The summed E-state index contributed by atoms with van der Waals surface area (Å²) in [6.45, 7) is 0.650. The maximum Gasteiger partial charge on any atom is 0.249 e. The van der Waals surface area contributed by atoms with E-state index in [0.717, 1.165) is 0 Å². The molecule has 2 amide bonds. The summed E-state index contributed by atoms with van der Waals surface area (Å²) in [5, 5.41) is 5.82. The van der Waals surface area contributed by atoms with Crippen LogP contribution in [0, 0.1) is 0 Å². The summed E-state index contributed by atoms with van der Waals surface area (Å²) in [5.41, 5.74) is 0. The van der Waals surface area contributed by atoms with Gasteiger partial charge >= 0.3 is 0 Å². The molecule has 0 aromatic rings. The molecule has 14 atom stereocenters. The highest BCUT2D eigenvalue weighted by Crippen LogP contribution is 2.32. The number of rotatable bonds is 10. The Labute approximate surface area is 256 Å². The molecule has 0 spiro atoms. The van der Waals surface area contributed by atoms with Crippen LogP contribution >= 0.6 is 0 Å². The molecule has 5 aliphatic rings. The van der Waals surface area contributed by atoms with Gasteiger partial charge in [0.15, 0.2) is 12.6 Å². The molecule has 0 unspecified atom stereocenters. The van der Waals surface area contributed by atoms with Gasteiger partial charge in [0, 0.05) is 68.6 Å². The van der Waals surface area contributed by atoms with Crippen molar-refractivity contribution in [3.63, 3.8) is 0 Å². The minimum absolute atomic E-state index is 0.0908. The molecule has 0 aliphatic carbocycles. The molecule has 0 radical (unpaired) electrons. The Hall–Kier alpha value is -1.54. The fourth-order valence-electron chi connectivity index (χ4n) is 6.58. The largest absolute Gasteiger partial charge is 0.376 e. The van der Waals surface area contributed by atoms with E-state index < -0.39 is 73.6 Å². The molecule has 44 heavy (non-hydrogen) atoms. The molecular formula is C28H46N2O14. The smallest absolute Gasteiger partial charge is 0.249 e. The molecule has 16 nitrogen and oxygen atoms in total. The van der Waals surface area contributed by atoms with Crippen LogP contribution in [0.4, 0.5) is 0 Å². The van der Waals surface area contributed by atoms with E-state index >= 15 is 0 Å². The predicted octanol–water partition coefficient (Wildman–Crippen LogP) is -1.88. The minimum atomic E-state index is -0.819. The van der Waals surface area contributed by atoms with Gasteiger partial charge in [0.25, 0.3) is 0 Å². The molecule has 2 N–H and O–H groups in total. The molecule has 5 aliphatic heterocycles. The van der Waals surface area contributed by atoms with Gasteiger partial charge in [-0.15, -0.1) is 0 Å². The van der Waals surface area contributed by atoms with Gasteiger partial charge in [-0.05, 0) is 0 Å². The Morgan fingerprint density at radius 1 is 0.545 bits per heavy atom. The van der Waals surface area contributed by atoms with Crippen molar-refractivity contribution in [2.45, 2.75) is 98.7 Å². The SMILES string of the molecule is CO[C@@H]1[C@@H](OC)[C@H](O[C@H]2C[C@H]3O[C@@H]2CNC(=O)[C@H]2C[C@H](O[C@@H]4OC[C@@H](OC)[C@H](OC)[C@H]4OC)[C@@H](CNC3=O)O2)OC[C@H]1OC. The number of carbonyl (C=O) groups is 2. The van der Waals surface area contributed by atoms with Crippen molar-refractivity contribution in [1.82, 2.24) is 10.6 Å². The summed E-state index contributed by atoms with van der Waals surface area (Å²) in [6.07, 6.45) is -7.85. The Bertz CT molecular complexity index is 887. The number of methoxy groups -OCH3 is 6. The summed E-state index contributed by atoms with van der Waals surface area (Å²) in [4.78, 5) is 26.5. The van der Waals surface area contributed by atoms with E-state index in [-0.39, 0.29) is 63.2 Å². The minimum Gasteiger partial charge on any atom is -0.376 e. The number of amides is 2. The van der Waals surface area contributed by atoms with Crippen molar-refractivity contribution in [3.05, 3.63) is 0 Å². The lowest BCUT2D eigenvalue weighted by Gasteiger charge is -2.41. The van der Waals surface area contributed by atoms with Gasteiger partial charge in [-0.1, -0.05) is 0 Å². The van der Waals surface area contributed by atoms with Gasteiger partial charge in [-0.3, -0.25) is 9.59 Å². The van der Waals surface area contributed by atoms with E-state index in [1.165, 1.54) is 14.2 Å². The third-order valence-corrected chi connectivity index (χ3v) is 9.02. The van der Waals surface area contributed by atoms with Crippen LogP contribution < -0.4 is 10.6 Å². The maximum absolute atomic E-state index is 13.3. The Balaban J connectivity index is 1.24. The quantitative estimate of drug-likeness (QED) is 0.274. The van der Waals surface area contributed by atoms with E-state index in [9.17, 15) is 9.59 Å². The second-order valence-corrected chi connectivity index (χ2v) is 11.4. The van der Waals surface area contributed by atoms with Crippen LogP contribution in [0.2, 0.25) is 0 Å². The molecule has 5 rings (SSSR count). The summed E-state index contributed by atoms with van der Waals surface area (Å²) in [6, 6.07) is 0. The highest BCUT2D eigenvalue weighted by Gasteiger charge is 2.50. The summed E-state index contributed by atoms with van der Waals surface area (Å²) in [7, 11) is 9.37. The van der Waals surface area contributed by atoms with Gasteiger partial charge in [0.05, 0.1) is 25.4 Å². The van der Waals surface area contributed by atoms with Crippen LogP contribution in [-0.4, -0.2) is 167 Å². The molecule has 0 saturated carbocycles. The second kappa shape index (κ2) is 15.4. The lowest BCUT2D eigenvalue weighted by atomic mass is 10.0. The van der Waals surface area contributed by atoms with E-state index in [2.05, 4.69) is 10.6 Å². The van der Waals surface area contributed by atoms with E-state index in [4.69, 9.17) is 56.8 Å². The number of hydrogen-bond donors (Lipinski definition) is 2. The zero-order chi connectivity index (χ0) is 31.4. The standard InChI is InChI=1S/C28H46N2O14/c1-33-19-11-39-27(23(37-5)21(19)35-3)43-13-7-15-25(31)30-10-18-14(8-16(42-18)26(32)29-9-17(13)41-15)44-28-24(38-6)22(36-4)20(34-2)12-40-28/h13-24,27-28H,7-12H2,1-6H3,(H,29,32)(H,30,31)/t13-,14-,15+,16+,17+,18+,19+,20+,21-,22-,23+,24+,27-,28-/m0/s1. The van der Waals surface area contributed by atoms with Crippen molar-refractivity contribution in [2.24, 2.45) is 0 Å². The fourth-order valence-corrected chi connectivity index (χ4v) is 6.58. The average Bonchev–Trinajstić information content (AvgIpc) is 3.65. The Morgan fingerprint density at radius 2 is 0.932 bits per heavy atom. The predicted molar refractivity (Wildman–Crippen MR) is 147 cm³/mol. The van der Waals surface area contributed by atoms with E-state index in [1.54, 1.807) is 28.4 Å². The van der Waals surface area contributed by atoms with Crippen molar-refractivity contribution < 1.29 is 66.4 Å². The molecule has 4 bridgehead atoms. The van der Waals surface area contributed by atoms with Gasteiger partial charge in [-0.25, -0.2) is 0 Å². The molecule has 0 aromatic carbocycles. The number of hydrogen-bond acceptors (Lipinski definition) is 14. The summed E-state index contributed by atoms with van der Waals surface area (Å²) >= 11 is 0. The highest BCUT2D eigenvalue weighted by molar-refractivity contribution is 5.82. The van der Waals surface area contributed by atoms with Crippen LogP contribution in [0.3, 0.4) is 0 Å². The number of carbonyl (C=O) groups excluding carboxylic acids is 2. The number of nitrogens with one attached hydrogen (secondary N) is 2. The Morgan fingerprint density at radius 3 is 1.27 bits per heavy atom. The fraction of sp³-hybridized carbons (Fsp3) is 0.929. The average molecular weight is 635 g/mol. The molecule has 252 valence electrons. The number of ether oxygens (including phenoxy) is 12. The van der Waals surface area contributed by atoms with Crippen molar-refractivity contribution in [2.75, 3.05) is 69.0 Å². The van der Waals surface area contributed by atoms with Crippen LogP contribution in [0.5, 0.6) is 0 Å². The van der Waals surface area contributed by atoms with Gasteiger partial charge in [0.1, 0.15) is 61.0 Å². The zero-order valence-corrected chi connectivity index (χ0v) is 26.0. The van der Waals surface area contributed by atoms with E-state index in [1.807, 2.05) is 0 Å². The first-order valence-electron chi connectivity index (χ1n) is 14.9. The first-order valence-corrected chi connectivity index (χ1v) is 14.9. The first kappa shape index (κ1) is 33.8. The monoisotopic (exact) mass is 634 g/mol.